The molecule has 0 saturated heterocycles. The van der Waals surface area contributed by atoms with Gasteiger partial charge >= 0.3 is 0 Å². The molecule has 1 amide bonds. The number of carbonyl (C=O) groups excluding carboxylic acids is 1. The SMILES string of the molecule is CCCC[C@H](CN)Nc1nc(Nc2ccc3c(cnn3CC(F)F)c2)c(C(N)=O)cc1F. The summed E-state index contributed by atoms with van der Waals surface area (Å²) in [5.41, 5.74) is 12.1. The van der Waals surface area contributed by atoms with Crippen molar-refractivity contribution >= 4 is 34.1 Å². The molecule has 3 aromatic rings. The molecule has 2 heterocycles. The molecule has 6 N–H and O–H groups in total. The minimum atomic E-state index is -2.53. The predicted molar refractivity (Wildman–Crippen MR) is 118 cm³/mol. The number of carbonyl (C=O) groups is 1. The lowest BCUT2D eigenvalue weighted by atomic mass is 10.1. The van der Waals surface area contributed by atoms with Gasteiger partial charge in [0.15, 0.2) is 11.6 Å². The van der Waals surface area contributed by atoms with Crippen molar-refractivity contribution in [3.63, 3.8) is 0 Å². The van der Waals surface area contributed by atoms with Crippen LogP contribution < -0.4 is 22.1 Å². The van der Waals surface area contributed by atoms with Crippen LogP contribution >= 0.6 is 0 Å². The number of pyridine rings is 1. The Bertz CT molecular complexity index is 1090. The Hall–Kier alpha value is -3.34. The van der Waals surface area contributed by atoms with E-state index in [1.807, 2.05) is 6.92 Å². The highest BCUT2D eigenvalue weighted by atomic mass is 19.3. The molecule has 0 unspecified atom stereocenters. The monoisotopic (exact) mass is 449 g/mol. The summed E-state index contributed by atoms with van der Waals surface area (Å²) < 4.78 is 41.2. The van der Waals surface area contributed by atoms with E-state index in [1.54, 1.807) is 18.2 Å². The van der Waals surface area contributed by atoms with E-state index in [2.05, 4.69) is 20.7 Å². The number of primary amides is 1. The second-order valence-corrected chi connectivity index (χ2v) is 7.41. The molecule has 0 aliphatic carbocycles. The molecule has 0 fully saturated rings. The van der Waals surface area contributed by atoms with Gasteiger partial charge in [-0.1, -0.05) is 19.8 Å². The van der Waals surface area contributed by atoms with E-state index in [4.69, 9.17) is 11.5 Å². The molecule has 0 saturated carbocycles. The molecule has 32 heavy (non-hydrogen) atoms. The lowest BCUT2D eigenvalue weighted by Gasteiger charge is -2.19. The number of nitrogens with two attached hydrogens (primary N) is 2. The van der Waals surface area contributed by atoms with Gasteiger partial charge in [0.05, 0.1) is 17.3 Å². The topological polar surface area (TPSA) is 124 Å². The first-order chi connectivity index (χ1) is 15.3. The minimum absolute atomic E-state index is 0.0464. The fourth-order valence-electron chi connectivity index (χ4n) is 3.34. The summed E-state index contributed by atoms with van der Waals surface area (Å²) in [7, 11) is 0. The minimum Gasteiger partial charge on any atom is -0.365 e. The van der Waals surface area contributed by atoms with E-state index in [0.29, 0.717) is 23.1 Å². The van der Waals surface area contributed by atoms with Crippen molar-refractivity contribution < 1.29 is 18.0 Å². The molecule has 0 aliphatic rings. The predicted octanol–water partition coefficient (Wildman–Crippen LogP) is 3.61. The van der Waals surface area contributed by atoms with Crippen LogP contribution in [0.4, 0.5) is 30.5 Å². The Labute approximate surface area is 183 Å². The molecule has 0 radical (unpaired) electrons. The third kappa shape index (κ3) is 5.47. The van der Waals surface area contributed by atoms with Crippen LogP contribution in [0.2, 0.25) is 0 Å². The molecule has 1 aromatic carbocycles. The highest BCUT2D eigenvalue weighted by Crippen LogP contribution is 2.27. The van der Waals surface area contributed by atoms with Crippen LogP contribution in [0.5, 0.6) is 0 Å². The highest BCUT2D eigenvalue weighted by Gasteiger charge is 2.18. The van der Waals surface area contributed by atoms with Crippen molar-refractivity contribution in [1.82, 2.24) is 14.8 Å². The second kappa shape index (κ2) is 10.3. The zero-order valence-corrected chi connectivity index (χ0v) is 17.6. The molecule has 3 rings (SSSR count). The molecule has 8 nitrogen and oxygen atoms in total. The van der Waals surface area contributed by atoms with Gasteiger partial charge in [-0.05, 0) is 30.7 Å². The quantitative estimate of drug-likeness (QED) is 0.355. The summed E-state index contributed by atoms with van der Waals surface area (Å²) in [5, 5.41) is 10.5. The molecular formula is C21H26F3N7O. The van der Waals surface area contributed by atoms with Crippen LogP contribution in [0.1, 0.15) is 36.5 Å². The molecule has 0 spiro atoms. The van der Waals surface area contributed by atoms with Crippen molar-refractivity contribution in [2.24, 2.45) is 11.5 Å². The Morgan fingerprint density at radius 1 is 1.25 bits per heavy atom. The van der Waals surface area contributed by atoms with Crippen LogP contribution in [-0.4, -0.2) is 39.7 Å². The van der Waals surface area contributed by atoms with E-state index < -0.39 is 24.7 Å². The van der Waals surface area contributed by atoms with Crippen LogP contribution in [0, 0.1) is 5.82 Å². The summed E-state index contributed by atoms with van der Waals surface area (Å²) >= 11 is 0. The van der Waals surface area contributed by atoms with E-state index >= 15 is 0 Å². The number of hydrogen-bond donors (Lipinski definition) is 4. The smallest absolute Gasteiger partial charge is 0.257 e. The van der Waals surface area contributed by atoms with Gasteiger partial charge in [-0.15, -0.1) is 0 Å². The number of unbranched alkanes of at least 4 members (excludes halogenated alkanes) is 1. The van der Waals surface area contributed by atoms with Gasteiger partial charge in [-0.25, -0.2) is 18.2 Å². The summed E-state index contributed by atoms with van der Waals surface area (Å²) in [6, 6.07) is 5.75. The Balaban J connectivity index is 1.91. The summed E-state index contributed by atoms with van der Waals surface area (Å²) in [6.45, 7) is 1.82. The first kappa shape index (κ1) is 23.3. The number of alkyl halides is 2. The molecular weight excluding hydrogens is 423 g/mol. The van der Waals surface area contributed by atoms with Crippen molar-refractivity contribution in [3.05, 3.63) is 41.8 Å². The Kier molecular flexibility index (Phi) is 7.52. The number of anilines is 3. The highest BCUT2D eigenvalue weighted by molar-refractivity contribution is 5.99. The molecule has 2 aromatic heterocycles. The third-order valence-electron chi connectivity index (χ3n) is 4.99. The standard InChI is InChI=1S/C21H26F3N7O/c1-2-3-4-14(9-25)29-21-16(22)8-15(19(26)32)20(30-21)28-13-5-6-17-12(7-13)10-27-31(17)11-18(23)24/h5-8,10,14,18H,2-4,9,11,25H2,1H3,(H2,26,32)(H2,28,29,30)/t14-/m1/s1. The fourth-order valence-corrected chi connectivity index (χ4v) is 3.34. The first-order valence-corrected chi connectivity index (χ1v) is 10.3. The second-order valence-electron chi connectivity index (χ2n) is 7.41. The maximum atomic E-state index is 14.6. The van der Waals surface area contributed by atoms with Crippen molar-refractivity contribution in [2.75, 3.05) is 17.2 Å². The van der Waals surface area contributed by atoms with Crippen LogP contribution in [0.3, 0.4) is 0 Å². The molecule has 0 aliphatic heterocycles. The number of halogens is 3. The Morgan fingerprint density at radius 2 is 2.03 bits per heavy atom. The van der Waals surface area contributed by atoms with E-state index in [0.717, 1.165) is 25.3 Å². The number of nitrogens with one attached hydrogen (secondary N) is 2. The molecule has 11 heteroatoms. The molecule has 1 atom stereocenters. The van der Waals surface area contributed by atoms with Gasteiger partial charge in [-0.2, -0.15) is 5.10 Å². The number of benzene rings is 1. The number of rotatable bonds is 11. The van der Waals surface area contributed by atoms with E-state index in [9.17, 15) is 18.0 Å². The van der Waals surface area contributed by atoms with Gasteiger partial charge in [0.2, 0.25) is 0 Å². The van der Waals surface area contributed by atoms with Crippen LogP contribution in [0.15, 0.2) is 30.5 Å². The van der Waals surface area contributed by atoms with Crippen LogP contribution in [0.25, 0.3) is 10.9 Å². The Morgan fingerprint density at radius 3 is 2.69 bits per heavy atom. The van der Waals surface area contributed by atoms with Crippen molar-refractivity contribution in [1.29, 1.82) is 0 Å². The average Bonchev–Trinajstić information content (AvgIpc) is 3.14. The number of aromatic nitrogens is 3. The summed E-state index contributed by atoms with van der Waals surface area (Å²) in [5.74, 6) is -1.55. The summed E-state index contributed by atoms with van der Waals surface area (Å²) in [6.07, 6.45) is 1.56. The maximum absolute atomic E-state index is 14.6. The van der Waals surface area contributed by atoms with E-state index in [-0.39, 0.29) is 23.2 Å². The lowest BCUT2D eigenvalue weighted by molar-refractivity contribution is 0.1000. The van der Waals surface area contributed by atoms with Crippen molar-refractivity contribution in [3.8, 4) is 0 Å². The maximum Gasteiger partial charge on any atom is 0.257 e. The van der Waals surface area contributed by atoms with Gasteiger partial charge in [-0.3, -0.25) is 9.48 Å². The van der Waals surface area contributed by atoms with Crippen LogP contribution in [-0.2, 0) is 6.54 Å². The summed E-state index contributed by atoms with van der Waals surface area (Å²) in [4.78, 5) is 16.1. The number of nitrogens with zero attached hydrogens (tertiary/aromatic N) is 3. The number of hydrogen-bond acceptors (Lipinski definition) is 6. The zero-order valence-electron chi connectivity index (χ0n) is 17.6. The molecule has 172 valence electrons. The fraction of sp³-hybridized carbons (Fsp3) is 0.381. The number of fused-ring (bicyclic) bond motifs is 1. The van der Waals surface area contributed by atoms with Gasteiger partial charge in [0.1, 0.15) is 12.4 Å². The largest absolute Gasteiger partial charge is 0.365 e. The first-order valence-electron chi connectivity index (χ1n) is 10.3. The van der Waals surface area contributed by atoms with Gasteiger partial charge in [0.25, 0.3) is 12.3 Å². The van der Waals surface area contributed by atoms with Crippen molar-refractivity contribution in [2.45, 2.75) is 45.2 Å². The van der Waals surface area contributed by atoms with E-state index in [1.165, 1.54) is 10.9 Å². The van der Waals surface area contributed by atoms with Gasteiger partial charge in [0, 0.05) is 23.7 Å². The average molecular weight is 449 g/mol. The van der Waals surface area contributed by atoms with Gasteiger partial charge < -0.3 is 22.1 Å². The zero-order chi connectivity index (χ0) is 23.3. The third-order valence-corrected chi connectivity index (χ3v) is 4.99. The number of amides is 1. The normalized spacial score (nSPS) is 12.3. The lowest BCUT2D eigenvalue weighted by Crippen LogP contribution is -2.30. The molecule has 0 bridgehead atoms.